The molecule has 0 saturated carbocycles. The lowest BCUT2D eigenvalue weighted by atomic mass is 10.0. The van der Waals surface area contributed by atoms with E-state index in [1.165, 1.54) is 0 Å². The molecule has 96 valence electrons. The maximum atomic E-state index is 11.9. The Labute approximate surface area is 102 Å². The van der Waals surface area contributed by atoms with Gasteiger partial charge in [0.05, 0.1) is 13.2 Å². The van der Waals surface area contributed by atoms with Gasteiger partial charge in [-0.2, -0.15) is 13.2 Å². The zero-order chi connectivity index (χ0) is 12.9. The van der Waals surface area contributed by atoms with Crippen molar-refractivity contribution in [2.24, 2.45) is 0 Å². The Morgan fingerprint density at radius 3 is 2.47 bits per heavy atom. The molecule has 6 heteroatoms. The van der Waals surface area contributed by atoms with Crippen molar-refractivity contribution in [3.05, 3.63) is 34.9 Å². The van der Waals surface area contributed by atoms with Crippen LogP contribution in [0.5, 0.6) is 0 Å². The molecule has 1 N–H and O–H groups in total. The molecule has 0 aliphatic rings. The molecule has 0 amide bonds. The van der Waals surface area contributed by atoms with Gasteiger partial charge in [0.15, 0.2) is 0 Å². The van der Waals surface area contributed by atoms with Gasteiger partial charge in [0.25, 0.3) is 0 Å². The van der Waals surface area contributed by atoms with Crippen LogP contribution in [-0.4, -0.2) is 31.1 Å². The van der Waals surface area contributed by atoms with Crippen molar-refractivity contribution in [2.75, 3.05) is 19.8 Å². The average Bonchev–Trinajstić information content (AvgIpc) is 2.24. The number of hydrogen-bond donors (Lipinski definition) is 1. The molecule has 0 saturated heterocycles. The van der Waals surface area contributed by atoms with E-state index in [4.69, 9.17) is 16.7 Å². The first-order chi connectivity index (χ1) is 7.94. The standard InChI is InChI=1S/C11H12ClF3O2/c12-10-4-2-1-3-9(10)8(5-16)6-17-7-11(13,14)15/h1-4,8,16H,5-7H2. The third kappa shape index (κ3) is 4.93. The lowest BCUT2D eigenvalue weighted by Gasteiger charge is -2.17. The highest BCUT2D eigenvalue weighted by atomic mass is 35.5. The number of rotatable bonds is 5. The fraction of sp³-hybridized carbons (Fsp3) is 0.455. The fourth-order valence-electron chi connectivity index (χ4n) is 1.36. The second-order valence-electron chi connectivity index (χ2n) is 3.53. The predicted molar refractivity (Wildman–Crippen MR) is 58.2 cm³/mol. The van der Waals surface area contributed by atoms with Gasteiger partial charge in [-0.3, -0.25) is 0 Å². The van der Waals surface area contributed by atoms with Crippen molar-refractivity contribution in [1.29, 1.82) is 0 Å². The van der Waals surface area contributed by atoms with Crippen molar-refractivity contribution < 1.29 is 23.0 Å². The van der Waals surface area contributed by atoms with E-state index in [9.17, 15) is 13.2 Å². The van der Waals surface area contributed by atoms with Crippen LogP contribution in [0.15, 0.2) is 24.3 Å². The first-order valence-corrected chi connectivity index (χ1v) is 5.31. The highest BCUT2D eigenvalue weighted by Crippen LogP contribution is 2.25. The summed E-state index contributed by atoms with van der Waals surface area (Å²) in [6, 6.07) is 6.67. The van der Waals surface area contributed by atoms with Crippen LogP contribution in [0.1, 0.15) is 11.5 Å². The zero-order valence-electron chi connectivity index (χ0n) is 8.88. The van der Waals surface area contributed by atoms with Crippen LogP contribution >= 0.6 is 11.6 Å². The van der Waals surface area contributed by atoms with Gasteiger partial charge in [0.1, 0.15) is 6.61 Å². The summed E-state index contributed by atoms with van der Waals surface area (Å²) >= 11 is 5.88. The first kappa shape index (κ1) is 14.3. The minimum atomic E-state index is -4.36. The van der Waals surface area contributed by atoms with Gasteiger partial charge in [0.2, 0.25) is 0 Å². The van der Waals surface area contributed by atoms with E-state index in [2.05, 4.69) is 4.74 Å². The van der Waals surface area contributed by atoms with Crippen molar-refractivity contribution in [3.8, 4) is 0 Å². The topological polar surface area (TPSA) is 29.5 Å². The molecule has 1 atom stereocenters. The normalized spacial score (nSPS) is 13.7. The molecule has 2 nitrogen and oxygen atoms in total. The maximum Gasteiger partial charge on any atom is 0.411 e. The van der Waals surface area contributed by atoms with Crippen LogP contribution in [0, 0.1) is 0 Å². The smallest absolute Gasteiger partial charge is 0.396 e. The SMILES string of the molecule is OCC(COCC(F)(F)F)c1ccccc1Cl. The lowest BCUT2D eigenvalue weighted by Crippen LogP contribution is -2.21. The quantitative estimate of drug-likeness (QED) is 0.890. The van der Waals surface area contributed by atoms with E-state index < -0.39 is 18.7 Å². The second-order valence-corrected chi connectivity index (χ2v) is 3.94. The van der Waals surface area contributed by atoms with Gasteiger partial charge in [-0.05, 0) is 11.6 Å². The number of ether oxygens (including phenoxy) is 1. The van der Waals surface area contributed by atoms with Crippen LogP contribution in [0.4, 0.5) is 13.2 Å². The van der Waals surface area contributed by atoms with E-state index in [0.29, 0.717) is 10.6 Å². The summed E-state index contributed by atoms with van der Waals surface area (Å²) < 4.78 is 40.2. The van der Waals surface area contributed by atoms with Gasteiger partial charge in [-0.25, -0.2) is 0 Å². The highest BCUT2D eigenvalue weighted by Gasteiger charge is 2.28. The summed E-state index contributed by atoms with van der Waals surface area (Å²) in [4.78, 5) is 0. The molecule has 1 rings (SSSR count). The Bertz CT molecular complexity index is 355. The van der Waals surface area contributed by atoms with Gasteiger partial charge in [-0.1, -0.05) is 29.8 Å². The van der Waals surface area contributed by atoms with E-state index in [-0.39, 0.29) is 13.2 Å². The molecule has 0 aliphatic heterocycles. The van der Waals surface area contributed by atoms with Gasteiger partial charge < -0.3 is 9.84 Å². The summed E-state index contributed by atoms with van der Waals surface area (Å²) in [6.45, 7) is -1.87. The molecule has 17 heavy (non-hydrogen) atoms. The lowest BCUT2D eigenvalue weighted by molar-refractivity contribution is -0.175. The number of halogens is 4. The van der Waals surface area contributed by atoms with Gasteiger partial charge in [-0.15, -0.1) is 0 Å². The number of hydrogen-bond acceptors (Lipinski definition) is 2. The van der Waals surface area contributed by atoms with Crippen molar-refractivity contribution in [1.82, 2.24) is 0 Å². The Balaban J connectivity index is 2.58. The van der Waals surface area contributed by atoms with Crippen molar-refractivity contribution in [3.63, 3.8) is 0 Å². The van der Waals surface area contributed by atoms with E-state index in [1.54, 1.807) is 24.3 Å². The van der Waals surface area contributed by atoms with Gasteiger partial charge >= 0.3 is 6.18 Å². The summed E-state index contributed by atoms with van der Waals surface area (Å²) in [6.07, 6.45) is -4.36. The molecule has 1 aromatic rings. The first-order valence-electron chi connectivity index (χ1n) is 4.94. The molecule has 0 bridgehead atoms. The highest BCUT2D eigenvalue weighted by molar-refractivity contribution is 6.31. The minimum absolute atomic E-state index is 0.222. The van der Waals surface area contributed by atoms with E-state index >= 15 is 0 Å². The molecule has 1 aromatic carbocycles. The van der Waals surface area contributed by atoms with E-state index in [0.717, 1.165) is 0 Å². The third-order valence-corrected chi connectivity index (χ3v) is 2.49. The Hall–Kier alpha value is -0.780. The van der Waals surface area contributed by atoms with Crippen LogP contribution in [0.2, 0.25) is 5.02 Å². The molecule has 0 radical (unpaired) electrons. The number of aliphatic hydroxyl groups excluding tert-OH is 1. The zero-order valence-corrected chi connectivity index (χ0v) is 9.63. The number of benzene rings is 1. The Morgan fingerprint density at radius 1 is 1.29 bits per heavy atom. The summed E-state index contributed by atoms with van der Waals surface area (Å²) in [5.41, 5.74) is 0.582. The van der Waals surface area contributed by atoms with Crippen LogP contribution in [0.25, 0.3) is 0 Å². The van der Waals surface area contributed by atoms with Crippen molar-refractivity contribution >= 4 is 11.6 Å². The summed E-state index contributed by atoms with van der Waals surface area (Å²) in [7, 11) is 0. The minimum Gasteiger partial charge on any atom is -0.396 e. The Kier molecular flexibility index (Phi) is 5.24. The molecule has 0 heterocycles. The monoisotopic (exact) mass is 268 g/mol. The Morgan fingerprint density at radius 2 is 1.94 bits per heavy atom. The van der Waals surface area contributed by atoms with Crippen molar-refractivity contribution in [2.45, 2.75) is 12.1 Å². The van der Waals surface area contributed by atoms with Crippen LogP contribution in [-0.2, 0) is 4.74 Å². The number of aliphatic hydroxyl groups is 1. The van der Waals surface area contributed by atoms with Crippen LogP contribution < -0.4 is 0 Å². The summed E-state index contributed by atoms with van der Waals surface area (Å²) in [5.74, 6) is -0.550. The predicted octanol–water partition coefficient (Wildman–Crippen LogP) is 2.99. The molecule has 1 unspecified atom stereocenters. The second kappa shape index (κ2) is 6.23. The fourth-order valence-corrected chi connectivity index (χ4v) is 1.65. The maximum absolute atomic E-state index is 11.9. The average molecular weight is 269 g/mol. The van der Waals surface area contributed by atoms with E-state index in [1.807, 2.05) is 0 Å². The number of alkyl halides is 3. The molecule has 0 spiro atoms. The molecule has 0 aliphatic carbocycles. The molecule has 0 aromatic heterocycles. The molecular weight excluding hydrogens is 257 g/mol. The molecule has 0 fully saturated rings. The van der Waals surface area contributed by atoms with Gasteiger partial charge in [0, 0.05) is 10.9 Å². The largest absolute Gasteiger partial charge is 0.411 e. The third-order valence-electron chi connectivity index (χ3n) is 2.15. The van der Waals surface area contributed by atoms with Crippen LogP contribution in [0.3, 0.4) is 0 Å². The summed E-state index contributed by atoms with van der Waals surface area (Å²) in [5, 5.41) is 9.52. The molecular formula is C11H12ClF3O2.